The largest absolute Gasteiger partial charge is 0.416 e. The summed E-state index contributed by atoms with van der Waals surface area (Å²) in [5.41, 5.74) is -1.35. The van der Waals surface area contributed by atoms with Gasteiger partial charge >= 0.3 is 12.2 Å². The van der Waals surface area contributed by atoms with Crippen LogP contribution in [-0.2, 0) is 16.0 Å². The zero-order valence-corrected chi connectivity index (χ0v) is 19.5. The van der Waals surface area contributed by atoms with Crippen molar-refractivity contribution >= 4 is 62.3 Å². The first-order valence-electron chi connectivity index (χ1n) is 8.95. The van der Waals surface area contributed by atoms with E-state index in [9.17, 15) is 31.2 Å². The van der Waals surface area contributed by atoms with E-state index >= 15 is 0 Å². The van der Waals surface area contributed by atoms with E-state index in [0.29, 0.717) is 12.1 Å². The number of urea groups is 1. The monoisotopic (exact) mass is 551 g/mol. The van der Waals surface area contributed by atoms with E-state index in [1.807, 2.05) is 5.32 Å². The van der Waals surface area contributed by atoms with E-state index in [1.165, 1.54) is 18.2 Å². The fourth-order valence-corrected chi connectivity index (χ4v) is 4.92. The smallest absolute Gasteiger partial charge is 0.306 e. The molecule has 0 aliphatic carbocycles. The van der Waals surface area contributed by atoms with Crippen molar-refractivity contribution in [3.63, 3.8) is 0 Å². The molecule has 0 spiro atoms. The number of sulfone groups is 1. The van der Waals surface area contributed by atoms with Gasteiger partial charge in [0.1, 0.15) is 0 Å². The van der Waals surface area contributed by atoms with E-state index in [0.717, 1.165) is 24.4 Å². The molecule has 0 aliphatic rings. The van der Waals surface area contributed by atoms with Crippen molar-refractivity contribution in [1.82, 2.24) is 10.3 Å². The van der Waals surface area contributed by atoms with Crippen molar-refractivity contribution in [2.75, 3.05) is 5.32 Å². The Bertz CT molecular complexity index is 1360. The number of benzene rings is 2. The van der Waals surface area contributed by atoms with Crippen molar-refractivity contribution in [1.29, 1.82) is 0 Å². The number of hydrogen-bond donors (Lipinski definition) is 2. The quantitative estimate of drug-likeness (QED) is 0.422. The lowest BCUT2D eigenvalue weighted by Gasteiger charge is -2.11. The van der Waals surface area contributed by atoms with Crippen molar-refractivity contribution in [2.24, 2.45) is 0 Å². The Hall–Kier alpha value is -2.86. The molecule has 1 aromatic heterocycles. The van der Waals surface area contributed by atoms with E-state index in [1.54, 1.807) is 0 Å². The Kier molecular flexibility index (Phi) is 7.41. The summed E-state index contributed by atoms with van der Waals surface area (Å²) in [4.78, 5) is 27.2. The first-order chi connectivity index (χ1) is 15.8. The van der Waals surface area contributed by atoms with Crippen LogP contribution in [0.5, 0.6) is 0 Å². The fraction of sp³-hybridized carbons (Fsp3) is 0.0500. The molecule has 14 heteroatoms. The number of carbonyl (C=O) groups is 2. The molecule has 0 aliphatic heterocycles. The molecule has 0 bridgehead atoms. The van der Waals surface area contributed by atoms with E-state index in [-0.39, 0.29) is 21.3 Å². The van der Waals surface area contributed by atoms with Gasteiger partial charge in [0.25, 0.3) is 5.91 Å². The molecule has 0 unspecified atom stereocenters. The average Bonchev–Trinajstić information content (AvgIpc) is 2.73. The predicted molar refractivity (Wildman–Crippen MR) is 119 cm³/mol. The summed E-state index contributed by atoms with van der Waals surface area (Å²) in [6, 6.07) is 7.26. The number of imide groups is 1. The van der Waals surface area contributed by atoms with Gasteiger partial charge in [-0.1, -0.05) is 40.9 Å². The van der Waals surface area contributed by atoms with Crippen LogP contribution in [0.2, 0.25) is 15.1 Å². The number of anilines is 1. The molecule has 34 heavy (non-hydrogen) atoms. The SMILES string of the molecule is O=C(NC(=O)c1c(Cl)cccc1Cl)Nc1ccc(S(=O)(=O)c2cc(C(F)(F)F)ccc2Cl)nc1. The van der Waals surface area contributed by atoms with Gasteiger partial charge in [0, 0.05) is 0 Å². The zero-order chi connectivity index (χ0) is 25.3. The molecule has 0 fully saturated rings. The topological polar surface area (TPSA) is 105 Å². The number of nitrogens with one attached hydrogen (secondary N) is 2. The second-order valence-corrected chi connectivity index (χ2v) is 9.62. The maximum Gasteiger partial charge on any atom is 0.416 e. The molecular formula is C20H11Cl3F3N3O4S. The Morgan fingerprint density at radius 1 is 0.912 bits per heavy atom. The van der Waals surface area contributed by atoms with Crippen molar-refractivity contribution in [2.45, 2.75) is 16.1 Å². The average molecular weight is 553 g/mol. The lowest BCUT2D eigenvalue weighted by molar-refractivity contribution is -0.137. The second-order valence-electron chi connectivity index (χ2n) is 6.54. The molecular weight excluding hydrogens is 542 g/mol. The molecule has 0 saturated heterocycles. The molecule has 3 amide bonds. The summed E-state index contributed by atoms with van der Waals surface area (Å²) < 4.78 is 64.4. The molecule has 0 atom stereocenters. The number of hydrogen-bond acceptors (Lipinski definition) is 5. The van der Waals surface area contributed by atoms with Crippen LogP contribution in [0.15, 0.2) is 64.6 Å². The Labute approximate surface area is 205 Å². The van der Waals surface area contributed by atoms with Crippen LogP contribution in [0.1, 0.15) is 15.9 Å². The third-order valence-electron chi connectivity index (χ3n) is 4.23. The highest BCUT2D eigenvalue weighted by molar-refractivity contribution is 7.91. The van der Waals surface area contributed by atoms with E-state index in [2.05, 4.69) is 10.3 Å². The van der Waals surface area contributed by atoms with E-state index in [4.69, 9.17) is 34.8 Å². The van der Waals surface area contributed by atoms with Gasteiger partial charge < -0.3 is 5.32 Å². The summed E-state index contributed by atoms with van der Waals surface area (Å²) in [7, 11) is -4.52. The third-order valence-corrected chi connectivity index (χ3v) is 7.02. The second kappa shape index (κ2) is 9.79. The number of carbonyl (C=O) groups excluding carboxylic acids is 2. The number of nitrogens with zero attached hydrogens (tertiary/aromatic N) is 1. The van der Waals surface area contributed by atoms with E-state index < -0.39 is 48.5 Å². The van der Waals surface area contributed by atoms with Crippen LogP contribution in [0, 0.1) is 0 Å². The lowest BCUT2D eigenvalue weighted by atomic mass is 10.2. The molecule has 178 valence electrons. The highest BCUT2D eigenvalue weighted by Gasteiger charge is 2.33. The molecule has 7 nitrogen and oxygen atoms in total. The van der Waals surface area contributed by atoms with Gasteiger partial charge in [-0.15, -0.1) is 0 Å². The van der Waals surface area contributed by atoms with Crippen molar-refractivity contribution in [3.05, 3.63) is 80.9 Å². The maximum absolute atomic E-state index is 13.0. The number of amides is 3. The number of aromatic nitrogens is 1. The molecule has 0 saturated carbocycles. The minimum Gasteiger partial charge on any atom is -0.306 e. The maximum atomic E-state index is 13.0. The third kappa shape index (κ3) is 5.61. The van der Waals surface area contributed by atoms with Crippen molar-refractivity contribution < 1.29 is 31.2 Å². The van der Waals surface area contributed by atoms with Gasteiger partial charge in [-0.2, -0.15) is 13.2 Å². The minimum atomic E-state index is -4.78. The van der Waals surface area contributed by atoms with Gasteiger partial charge in [0.2, 0.25) is 9.84 Å². The molecule has 3 rings (SSSR count). The minimum absolute atomic E-state index is 0.0160. The molecule has 3 aromatic rings. The summed E-state index contributed by atoms with van der Waals surface area (Å²) in [5.74, 6) is -0.889. The van der Waals surface area contributed by atoms with Crippen LogP contribution in [0.3, 0.4) is 0 Å². The zero-order valence-electron chi connectivity index (χ0n) is 16.5. The number of halogens is 6. The van der Waals surface area contributed by atoms with Crippen LogP contribution in [0.25, 0.3) is 0 Å². The van der Waals surface area contributed by atoms with Gasteiger partial charge in [-0.05, 0) is 42.5 Å². The molecule has 2 aromatic carbocycles. The first-order valence-corrected chi connectivity index (χ1v) is 11.6. The van der Waals surface area contributed by atoms with Crippen molar-refractivity contribution in [3.8, 4) is 0 Å². The standard InChI is InChI=1S/C20H11Cl3F3N3O4S/c21-12-6-4-10(20(24,25)26)8-15(12)34(32,33)16-7-5-11(9-27-16)28-19(31)29-18(30)17-13(22)2-1-3-14(17)23/h1-9H,(H2,28,29,30,31). The van der Waals surface area contributed by atoms with Crippen LogP contribution in [0.4, 0.5) is 23.7 Å². The fourth-order valence-electron chi connectivity index (χ4n) is 2.65. The predicted octanol–water partition coefficient (Wildman–Crippen LogP) is 5.86. The van der Waals surface area contributed by atoms with Gasteiger partial charge in [-0.25, -0.2) is 18.2 Å². The van der Waals surface area contributed by atoms with Crippen LogP contribution >= 0.6 is 34.8 Å². The summed E-state index contributed by atoms with van der Waals surface area (Å²) >= 11 is 17.6. The Morgan fingerprint density at radius 2 is 1.56 bits per heavy atom. The lowest BCUT2D eigenvalue weighted by Crippen LogP contribution is -2.34. The van der Waals surface area contributed by atoms with Gasteiger partial charge in [-0.3, -0.25) is 10.1 Å². The highest BCUT2D eigenvalue weighted by Crippen LogP contribution is 2.35. The summed E-state index contributed by atoms with van der Waals surface area (Å²) in [6.07, 6.45) is -3.85. The summed E-state index contributed by atoms with van der Waals surface area (Å²) in [6.45, 7) is 0. The molecule has 2 N–H and O–H groups in total. The molecule has 1 heterocycles. The van der Waals surface area contributed by atoms with Crippen LogP contribution < -0.4 is 10.6 Å². The number of pyridine rings is 1. The Morgan fingerprint density at radius 3 is 2.12 bits per heavy atom. The highest BCUT2D eigenvalue weighted by atomic mass is 35.5. The van der Waals surface area contributed by atoms with Gasteiger partial charge in [0.05, 0.1) is 43.0 Å². The first kappa shape index (κ1) is 25.8. The Balaban J connectivity index is 1.77. The van der Waals surface area contributed by atoms with Gasteiger partial charge in [0.15, 0.2) is 5.03 Å². The summed E-state index contributed by atoms with van der Waals surface area (Å²) in [5, 5.41) is 3.24. The van der Waals surface area contributed by atoms with Crippen LogP contribution in [-0.4, -0.2) is 25.3 Å². The number of alkyl halides is 3. The molecule has 0 radical (unpaired) electrons. The number of rotatable bonds is 4. The normalized spacial score (nSPS) is 11.7.